The molecule has 1 atom stereocenters. The molecule has 0 spiro atoms. The molecule has 0 aromatic heterocycles. The smallest absolute Gasteiger partial charge is 0.230 e. The summed E-state index contributed by atoms with van der Waals surface area (Å²) in [5, 5.41) is 4.35. The third-order valence-electron chi connectivity index (χ3n) is 4.27. The first-order chi connectivity index (χ1) is 11.8. The zero-order valence-corrected chi connectivity index (χ0v) is 17.3. The molecule has 0 aliphatic carbocycles. The van der Waals surface area contributed by atoms with Crippen LogP contribution in [0.5, 0.6) is 0 Å². The number of nitrogens with one attached hydrogen (secondary N) is 1. The van der Waals surface area contributed by atoms with E-state index in [-0.39, 0.29) is 11.9 Å². The van der Waals surface area contributed by atoms with Crippen LogP contribution in [0.25, 0.3) is 0 Å². The largest absolute Gasteiger partial charge is 0.349 e. The van der Waals surface area contributed by atoms with Gasteiger partial charge in [-0.05, 0) is 67.6 Å². The molecule has 0 saturated carbocycles. The molecule has 2 aromatic rings. The first-order valence-corrected chi connectivity index (χ1v) is 10.1. The highest BCUT2D eigenvalue weighted by molar-refractivity contribution is 7.99. The predicted octanol–water partition coefficient (Wildman–Crippen LogP) is 6.03. The van der Waals surface area contributed by atoms with E-state index in [4.69, 9.17) is 23.2 Å². The SMILES string of the molecule is Cc1cc(C)c([C@H](C)NC(=O)CSCc2c(Cl)cccc2Cl)cc1C. The summed E-state index contributed by atoms with van der Waals surface area (Å²) >= 11 is 13.8. The standard InChI is InChI=1S/C20H23Cl2NOS/c1-12-8-14(3)16(9-13(12)2)15(4)23-20(24)11-25-10-17-18(21)6-5-7-19(17)22/h5-9,15H,10-11H2,1-4H3,(H,23,24)/t15-/m0/s1. The summed E-state index contributed by atoms with van der Waals surface area (Å²) in [6.45, 7) is 8.30. The molecule has 5 heteroatoms. The highest BCUT2D eigenvalue weighted by Crippen LogP contribution is 2.28. The van der Waals surface area contributed by atoms with Crippen LogP contribution in [0.1, 0.15) is 40.8 Å². The predicted molar refractivity (Wildman–Crippen MR) is 110 cm³/mol. The minimum Gasteiger partial charge on any atom is -0.349 e. The van der Waals surface area contributed by atoms with E-state index in [0.717, 1.165) is 11.1 Å². The Labute approximate surface area is 164 Å². The van der Waals surface area contributed by atoms with E-state index in [0.29, 0.717) is 21.6 Å². The summed E-state index contributed by atoms with van der Waals surface area (Å²) in [5.74, 6) is 0.997. The second-order valence-corrected chi connectivity index (χ2v) is 8.08. The molecular weight excluding hydrogens is 373 g/mol. The van der Waals surface area contributed by atoms with Crippen LogP contribution >= 0.6 is 35.0 Å². The van der Waals surface area contributed by atoms with Crippen molar-refractivity contribution in [3.05, 3.63) is 68.2 Å². The number of aryl methyl sites for hydroxylation is 3. The van der Waals surface area contributed by atoms with Crippen LogP contribution in [0.4, 0.5) is 0 Å². The van der Waals surface area contributed by atoms with Gasteiger partial charge >= 0.3 is 0 Å². The second-order valence-electron chi connectivity index (χ2n) is 6.28. The maximum Gasteiger partial charge on any atom is 0.230 e. The number of thioether (sulfide) groups is 1. The van der Waals surface area contributed by atoms with Gasteiger partial charge in [0.25, 0.3) is 0 Å². The summed E-state index contributed by atoms with van der Waals surface area (Å²) < 4.78 is 0. The van der Waals surface area contributed by atoms with Gasteiger partial charge in [-0.1, -0.05) is 41.4 Å². The van der Waals surface area contributed by atoms with E-state index >= 15 is 0 Å². The fourth-order valence-electron chi connectivity index (χ4n) is 2.73. The molecule has 25 heavy (non-hydrogen) atoms. The topological polar surface area (TPSA) is 29.1 Å². The Kier molecular flexibility index (Phi) is 7.24. The number of carbonyl (C=O) groups excluding carboxylic acids is 1. The Morgan fingerprint density at radius 3 is 2.32 bits per heavy atom. The lowest BCUT2D eigenvalue weighted by Gasteiger charge is -2.18. The molecule has 0 heterocycles. The average molecular weight is 396 g/mol. The van der Waals surface area contributed by atoms with Gasteiger partial charge in [-0.25, -0.2) is 0 Å². The maximum atomic E-state index is 12.3. The third kappa shape index (κ3) is 5.40. The highest BCUT2D eigenvalue weighted by Gasteiger charge is 2.13. The van der Waals surface area contributed by atoms with E-state index in [1.165, 1.54) is 28.5 Å². The van der Waals surface area contributed by atoms with E-state index in [9.17, 15) is 4.79 Å². The fraction of sp³-hybridized carbons (Fsp3) is 0.350. The molecule has 0 aliphatic rings. The lowest BCUT2D eigenvalue weighted by molar-refractivity contribution is -0.119. The number of amides is 1. The van der Waals surface area contributed by atoms with Crippen molar-refractivity contribution in [2.45, 2.75) is 39.5 Å². The molecule has 0 fully saturated rings. The number of hydrogen-bond donors (Lipinski definition) is 1. The van der Waals surface area contributed by atoms with Crippen LogP contribution in [0.15, 0.2) is 30.3 Å². The Morgan fingerprint density at radius 2 is 1.68 bits per heavy atom. The molecule has 0 aliphatic heterocycles. The molecule has 0 saturated heterocycles. The first-order valence-electron chi connectivity index (χ1n) is 8.17. The molecule has 1 N–H and O–H groups in total. The van der Waals surface area contributed by atoms with Crippen LogP contribution in [0.2, 0.25) is 10.0 Å². The van der Waals surface area contributed by atoms with E-state index in [2.05, 4.69) is 38.2 Å². The number of benzene rings is 2. The summed E-state index contributed by atoms with van der Waals surface area (Å²) in [5.41, 5.74) is 5.75. The van der Waals surface area contributed by atoms with E-state index < -0.39 is 0 Å². The molecular formula is C20H23Cl2NOS. The number of rotatable bonds is 6. The van der Waals surface area contributed by atoms with Gasteiger partial charge < -0.3 is 5.32 Å². The van der Waals surface area contributed by atoms with E-state index in [1.807, 2.05) is 25.1 Å². The monoisotopic (exact) mass is 395 g/mol. The molecule has 0 radical (unpaired) electrons. The van der Waals surface area contributed by atoms with Crippen molar-refractivity contribution in [2.75, 3.05) is 5.75 Å². The quantitative estimate of drug-likeness (QED) is 0.646. The number of carbonyl (C=O) groups is 1. The first kappa shape index (κ1) is 20.2. The van der Waals surface area contributed by atoms with E-state index in [1.54, 1.807) is 0 Å². The Bertz CT molecular complexity index is 756. The van der Waals surface area contributed by atoms with Gasteiger partial charge in [-0.3, -0.25) is 4.79 Å². The molecule has 2 aromatic carbocycles. The Morgan fingerprint density at radius 1 is 1.08 bits per heavy atom. The zero-order valence-electron chi connectivity index (χ0n) is 15.0. The molecule has 2 rings (SSSR count). The molecule has 134 valence electrons. The zero-order chi connectivity index (χ0) is 18.6. The van der Waals surface area contributed by atoms with Gasteiger partial charge in [-0.2, -0.15) is 0 Å². The van der Waals surface area contributed by atoms with Gasteiger partial charge in [0.05, 0.1) is 11.8 Å². The third-order valence-corrected chi connectivity index (χ3v) is 5.93. The van der Waals surface area contributed by atoms with Crippen molar-refractivity contribution >= 4 is 40.9 Å². The van der Waals surface area contributed by atoms with Gasteiger partial charge in [-0.15, -0.1) is 11.8 Å². The molecule has 1 amide bonds. The molecule has 2 nitrogen and oxygen atoms in total. The lowest BCUT2D eigenvalue weighted by Crippen LogP contribution is -2.28. The normalized spacial score (nSPS) is 12.1. The van der Waals surface area contributed by atoms with Crippen LogP contribution < -0.4 is 5.32 Å². The molecule has 0 unspecified atom stereocenters. The number of hydrogen-bond acceptors (Lipinski definition) is 2. The minimum atomic E-state index is -0.0173. The van der Waals surface area contributed by atoms with Crippen LogP contribution in [0.3, 0.4) is 0 Å². The minimum absolute atomic E-state index is 0.0123. The van der Waals surface area contributed by atoms with Crippen LogP contribution in [-0.4, -0.2) is 11.7 Å². The fourth-order valence-corrected chi connectivity index (χ4v) is 4.30. The van der Waals surface area contributed by atoms with Gasteiger partial charge in [0.15, 0.2) is 0 Å². The van der Waals surface area contributed by atoms with Crippen molar-refractivity contribution in [2.24, 2.45) is 0 Å². The van der Waals surface area contributed by atoms with Crippen molar-refractivity contribution in [1.29, 1.82) is 0 Å². The van der Waals surface area contributed by atoms with Crippen molar-refractivity contribution in [3.8, 4) is 0 Å². The highest BCUT2D eigenvalue weighted by atomic mass is 35.5. The van der Waals surface area contributed by atoms with Crippen molar-refractivity contribution in [1.82, 2.24) is 5.32 Å². The van der Waals surface area contributed by atoms with Crippen molar-refractivity contribution in [3.63, 3.8) is 0 Å². The maximum absolute atomic E-state index is 12.3. The van der Waals surface area contributed by atoms with Gasteiger partial charge in [0.1, 0.15) is 0 Å². The van der Waals surface area contributed by atoms with Crippen LogP contribution in [-0.2, 0) is 10.5 Å². The molecule has 0 bridgehead atoms. The Hall–Kier alpha value is -1.16. The van der Waals surface area contributed by atoms with Crippen LogP contribution in [0, 0.1) is 20.8 Å². The average Bonchev–Trinajstić information content (AvgIpc) is 2.53. The summed E-state index contributed by atoms with van der Waals surface area (Å²) in [7, 11) is 0. The number of halogens is 2. The summed E-state index contributed by atoms with van der Waals surface area (Å²) in [6.07, 6.45) is 0. The lowest BCUT2D eigenvalue weighted by atomic mass is 9.96. The van der Waals surface area contributed by atoms with Crippen molar-refractivity contribution < 1.29 is 4.79 Å². The van der Waals surface area contributed by atoms with Gasteiger partial charge in [0.2, 0.25) is 5.91 Å². The second kappa shape index (κ2) is 8.98. The summed E-state index contributed by atoms with van der Waals surface area (Å²) in [4.78, 5) is 12.3. The van der Waals surface area contributed by atoms with Gasteiger partial charge in [0, 0.05) is 15.8 Å². The summed E-state index contributed by atoms with van der Waals surface area (Å²) in [6, 6.07) is 9.76. The Balaban J connectivity index is 1.91.